The molecule has 1 N–H and O–H groups in total. The molecule has 1 heterocycles. The molecule has 1 aliphatic heterocycles. The third kappa shape index (κ3) is 7.12. The van der Waals surface area contributed by atoms with Crippen LogP contribution in [0.4, 0.5) is 10.5 Å². The number of amides is 2. The van der Waals surface area contributed by atoms with Crippen LogP contribution in [0.15, 0.2) is 18.2 Å². The lowest BCUT2D eigenvalue weighted by molar-refractivity contribution is -0.136. The van der Waals surface area contributed by atoms with Crippen LogP contribution < -0.4 is 5.32 Å². The molecule has 0 unspecified atom stereocenters. The summed E-state index contributed by atoms with van der Waals surface area (Å²) in [5.41, 5.74) is 0.699. The van der Waals surface area contributed by atoms with Gasteiger partial charge in [0, 0.05) is 25.8 Å². The number of anilines is 1. The molecule has 2 rings (SSSR count). The van der Waals surface area contributed by atoms with E-state index in [1.54, 1.807) is 50.9 Å². The molecule has 0 aromatic heterocycles. The van der Waals surface area contributed by atoms with Crippen molar-refractivity contribution in [3.63, 3.8) is 0 Å². The fourth-order valence-corrected chi connectivity index (χ4v) is 3.84. The summed E-state index contributed by atoms with van der Waals surface area (Å²) in [4.78, 5) is 28.9. The first-order valence-electron chi connectivity index (χ1n) is 11.4. The zero-order chi connectivity index (χ0) is 25.3. The minimum atomic E-state index is -0.719. The Morgan fingerprint density at radius 1 is 1.21 bits per heavy atom. The Morgan fingerprint density at radius 2 is 1.91 bits per heavy atom. The summed E-state index contributed by atoms with van der Waals surface area (Å²) in [6, 6.07) is 9.99. The molecule has 9 nitrogen and oxygen atoms in total. The van der Waals surface area contributed by atoms with E-state index in [1.165, 1.54) is 4.90 Å². The first-order chi connectivity index (χ1) is 16.1. The number of benzene rings is 1. The van der Waals surface area contributed by atoms with Gasteiger partial charge < -0.3 is 15.0 Å². The lowest BCUT2D eigenvalue weighted by Crippen LogP contribution is -2.51. The number of rotatable bonds is 8. The van der Waals surface area contributed by atoms with E-state index in [-0.39, 0.29) is 5.91 Å². The van der Waals surface area contributed by atoms with Crippen LogP contribution in [0.5, 0.6) is 0 Å². The molecule has 1 fully saturated rings. The number of carbonyl (C=O) groups excluding carboxylic acids is 2. The number of nitrogens with zero attached hydrogens (tertiary/aromatic N) is 5. The second-order valence-corrected chi connectivity index (χ2v) is 9.33. The predicted octanol–water partition coefficient (Wildman–Crippen LogP) is 3.76. The normalized spacial score (nSPS) is 16.0. The molecule has 0 saturated carbocycles. The molecule has 0 radical (unpaired) electrons. The van der Waals surface area contributed by atoms with E-state index in [0.717, 1.165) is 18.5 Å². The second-order valence-electron chi connectivity index (χ2n) is 9.33. The first kappa shape index (κ1) is 26.5. The van der Waals surface area contributed by atoms with Gasteiger partial charge in [-0.05, 0) is 71.1 Å². The van der Waals surface area contributed by atoms with Gasteiger partial charge in [0.05, 0.1) is 17.2 Å². The standard InChI is InChI=1S/C25H32N6O3/c1-25(2,3)34-24(33)30(4)22(23(32)31-13-7-8-21(31)17-28)9-5-6-12-29-20-11-10-18(15-26)19(14-20)16-27/h10-11,14,21-22,29H,5-9,12-13H2,1-4H3/t21-,22-/m0/s1. The van der Waals surface area contributed by atoms with Crippen LogP contribution in [-0.4, -0.2) is 59.6 Å². The van der Waals surface area contributed by atoms with E-state index < -0.39 is 23.8 Å². The number of nitriles is 3. The minimum absolute atomic E-state index is 0.226. The molecular weight excluding hydrogens is 432 g/mol. The topological polar surface area (TPSA) is 133 Å². The van der Waals surface area contributed by atoms with Crippen molar-refractivity contribution in [1.29, 1.82) is 15.8 Å². The Kier molecular flexibility index (Phi) is 9.27. The van der Waals surface area contributed by atoms with E-state index in [2.05, 4.69) is 11.4 Å². The molecule has 1 aliphatic rings. The van der Waals surface area contributed by atoms with E-state index in [1.807, 2.05) is 12.1 Å². The first-order valence-corrected chi connectivity index (χ1v) is 11.4. The lowest BCUT2D eigenvalue weighted by Gasteiger charge is -2.33. The number of nitrogens with one attached hydrogen (secondary N) is 1. The number of carbonyl (C=O) groups is 2. The molecular formula is C25H32N6O3. The summed E-state index contributed by atoms with van der Waals surface area (Å²) in [6.07, 6.45) is 2.65. The van der Waals surface area contributed by atoms with Gasteiger partial charge in [0.15, 0.2) is 0 Å². The van der Waals surface area contributed by atoms with E-state index in [4.69, 9.17) is 15.3 Å². The fraction of sp³-hybridized carbons (Fsp3) is 0.560. The van der Waals surface area contributed by atoms with Crippen LogP contribution in [0, 0.1) is 34.0 Å². The molecule has 0 bridgehead atoms. The number of likely N-dealkylation sites (tertiary alicyclic amines) is 1. The largest absolute Gasteiger partial charge is 0.444 e. The van der Waals surface area contributed by atoms with Crippen LogP contribution >= 0.6 is 0 Å². The van der Waals surface area contributed by atoms with E-state index in [0.29, 0.717) is 43.5 Å². The van der Waals surface area contributed by atoms with Crippen molar-refractivity contribution in [1.82, 2.24) is 9.80 Å². The number of hydrogen-bond donors (Lipinski definition) is 1. The maximum absolute atomic E-state index is 13.3. The highest BCUT2D eigenvalue weighted by atomic mass is 16.6. The van der Waals surface area contributed by atoms with Crippen LogP contribution in [-0.2, 0) is 9.53 Å². The SMILES string of the molecule is CN(C(=O)OC(C)(C)C)[C@@H](CCCCNc1ccc(C#N)c(C#N)c1)C(=O)N1CCC[C@H]1C#N. The summed E-state index contributed by atoms with van der Waals surface area (Å²) in [5, 5.41) is 30.8. The van der Waals surface area contributed by atoms with Crippen molar-refractivity contribution >= 4 is 17.7 Å². The molecule has 0 spiro atoms. The molecule has 2 amide bonds. The monoisotopic (exact) mass is 464 g/mol. The van der Waals surface area contributed by atoms with Crippen molar-refractivity contribution in [2.75, 3.05) is 25.5 Å². The fourth-order valence-electron chi connectivity index (χ4n) is 3.84. The van der Waals surface area contributed by atoms with Crippen molar-refractivity contribution in [3.05, 3.63) is 29.3 Å². The number of ether oxygens (including phenoxy) is 1. The molecule has 1 aromatic carbocycles. The van der Waals surface area contributed by atoms with Gasteiger partial charge in [0.2, 0.25) is 5.91 Å². The number of unbranched alkanes of at least 4 members (excludes halogenated alkanes) is 1. The van der Waals surface area contributed by atoms with Crippen LogP contribution in [0.25, 0.3) is 0 Å². The quantitative estimate of drug-likeness (QED) is 0.579. The highest BCUT2D eigenvalue weighted by Gasteiger charge is 2.37. The van der Waals surface area contributed by atoms with Crippen LogP contribution in [0.3, 0.4) is 0 Å². The molecule has 1 saturated heterocycles. The van der Waals surface area contributed by atoms with Crippen LogP contribution in [0.2, 0.25) is 0 Å². The zero-order valence-electron chi connectivity index (χ0n) is 20.3. The summed E-state index contributed by atoms with van der Waals surface area (Å²) >= 11 is 0. The summed E-state index contributed by atoms with van der Waals surface area (Å²) < 4.78 is 5.46. The van der Waals surface area contributed by atoms with Gasteiger partial charge in [-0.2, -0.15) is 15.8 Å². The van der Waals surface area contributed by atoms with Crippen molar-refractivity contribution in [2.45, 2.75) is 70.6 Å². The van der Waals surface area contributed by atoms with Gasteiger partial charge in [-0.25, -0.2) is 4.79 Å². The Balaban J connectivity index is 2.01. The third-order valence-electron chi connectivity index (χ3n) is 5.61. The van der Waals surface area contributed by atoms with Gasteiger partial charge in [-0.3, -0.25) is 9.69 Å². The Morgan fingerprint density at radius 3 is 2.53 bits per heavy atom. The van der Waals surface area contributed by atoms with Crippen molar-refractivity contribution < 1.29 is 14.3 Å². The van der Waals surface area contributed by atoms with Crippen LogP contribution in [0.1, 0.15) is 64.0 Å². The Labute approximate surface area is 201 Å². The van der Waals surface area contributed by atoms with E-state index in [9.17, 15) is 14.9 Å². The highest BCUT2D eigenvalue weighted by molar-refractivity contribution is 5.86. The van der Waals surface area contributed by atoms with Gasteiger partial charge in [0.25, 0.3) is 0 Å². The van der Waals surface area contributed by atoms with Gasteiger partial charge >= 0.3 is 6.09 Å². The zero-order valence-corrected chi connectivity index (χ0v) is 20.3. The Hall–Kier alpha value is -3.77. The second kappa shape index (κ2) is 11.9. The average Bonchev–Trinajstić information content (AvgIpc) is 3.28. The van der Waals surface area contributed by atoms with Gasteiger partial charge in [0.1, 0.15) is 29.8 Å². The summed E-state index contributed by atoms with van der Waals surface area (Å²) in [5.74, 6) is -0.226. The average molecular weight is 465 g/mol. The smallest absolute Gasteiger partial charge is 0.410 e. The molecule has 0 aliphatic carbocycles. The number of likely N-dealkylation sites (N-methyl/N-ethyl adjacent to an activating group) is 1. The predicted molar refractivity (Wildman–Crippen MR) is 126 cm³/mol. The molecule has 2 atom stereocenters. The van der Waals surface area contributed by atoms with E-state index >= 15 is 0 Å². The maximum atomic E-state index is 13.3. The molecule has 180 valence electrons. The molecule has 34 heavy (non-hydrogen) atoms. The Bertz CT molecular complexity index is 1010. The molecule has 9 heteroatoms. The van der Waals surface area contributed by atoms with Gasteiger partial charge in [-0.1, -0.05) is 0 Å². The van der Waals surface area contributed by atoms with Gasteiger partial charge in [-0.15, -0.1) is 0 Å². The summed E-state index contributed by atoms with van der Waals surface area (Å²) in [7, 11) is 1.56. The molecule has 1 aromatic rings. The maximum Gasteiger partial charge on any atom is 0.410 e. The summed E-state index contributed by atoms with van der Waals surface area (Å²) in [6.45, 7) is 6.42. The lowest BCUT2D eigenvalue weighted by atomic mass is 10.1. The highest BCUT2D eigenvalue weighted by Crippen LogP contribution is 2.22. The van der Waals surface area contributed by atoms with Crippen molar-refractivity contribution in [2.24, 2.45) is 0 Å². The number of hydrogen-bond acceptors (Lipinski definition) is 7. The third-order valence-corrected chi connectivity index (χ3v) is 5.61. The van der Waals surface area contributed by atoms with Crippen molar-refractivity contribution in [3.8, 4) is 18.2 Å². The minimum Gasteiger partial charge on any atom is -0.444 e.